The van der Waals surface area contributed by atoms with Gasteiger partial charge in [0.25, 0.3) is 0 Å². The van der Waals surface area contributed by atoms with E-state index in [1.54, 1.807) is 6.08 Å². The average molecular weight is 536 g/mol. The summed E-state index contributed by atoms with van der Waals surface area (Å²) in [6, 6.07) is 2.08. The highest BCUT2D eigenvalue weighted by atomic mass is 16.2. The first-order valence-corrected chi connectivity index (χ1v) is 9.99. The van der Waals surface area contributed by atoms with Crippen molar-refractivity contribution < 1.29 is 9.59 Å². The molecule has 0 aliphatic heterocycles. The van der Waals surface area contributed by atoms with E-state index in [9.17, 15) is 14.9 Å². The van der Waals surface area contributed by atoms with Gasteiger partial charge in [-0.2, -0.15) is 5.26 Å². The van der Waals surface area contributed by atoms with E-state index in [4.69, 9.17) is 11.5 Å². The van der Waals surface area contributed by atoms with Crippen molar-refractivity contribution in [1.82, 2.24) is 10.6 Å². The van der Waals surface area contributed by atoms with Crippen LogP contribution in [0.3, 0.4) is 0 Å². The molecule has 7 nitrogen and oxygen atoms in total. The molecule has 0 saturated heterocycles. The summed E-state index contributed by atoms with van der Waals surface area (Å²) < 4.78 is 0. The molecule has 0 spiro atoms. The van der Waals surface area contributed by atoms with Gasteiger partial charge in [-0.15, -0.1) is 6.58 Å². The number of nitrogens with one attached hydrogen (secondary N) is 2. The normalized spacial score (nSPS) is 11.5. The minimum atomic E-state index is -0.702. The van der Waals surface area contributed by atoms with Crippen molar-refractivity contribution in [2.45, 2.75) is 106 Å². The van der Waals surface area contributed by atoms with Crippen molar-refractivity contribution in [1.29, 1.82) is 5.26 Å². The lowest BCUT2D eigenvalue weighted by atomic mass is 9.91. The largest absolute Gasteiger partial charge is 0.356 e. The van der Waals surface area contributed by atoms with Crippen molar-refractivity contribution in [3.63, 3.8) is 0 Å². The number of carbonyl (C=O) groups excluding carboxylic acids is 2. The lowest BCUT2D eigenvalue weighted by Crippen LogP contribution is -2.35. The first kappa shape index (κ1) is 64.7. The van der Waals surface area contributed by atoms with E-state index >= 15 is 0 Å². The second kappa shape index (κ2) is 41.0. The summed E-state index contributed by atoms with van der Waals surface area (Å²) >= 11 is 0. The Bertz CT molecular complexity index is 545. The summed E-state index contributed by atoms with van der Waals surface area (Å²) in [7, 11) is 0. The number of allylic oxidation sites excluding steroid dienone is 2. The van der Waals surface area contributed by atoms with E-state index in [0.717, 1.165) is 12.8 Å². The topological polar surface area (TPSA) is 134 Å². The van der Waals surface area contributed by atoms with Crippen molar-refractivity contribution in [2.75, 3.05) is 26.2 Å². The molecule has 2 amide bonds. The number of rotatable bonds is 15. The molecule has 0 bridgehead atoms. The summed E-state index contributed by atoms with van der Waals surface area (Å²) in [5.41, 5.74) is 11.1. The minimum Gasteiger partial charge on any atom is -0.356 e. The van der Waals surface area contributed by atoms with E-state index < -0.39 is 5.92 Å². The Morgan fingerprint density at radius 3 is 1.73 bits per heavy atom. The maximum Gasteiger partial charge on any atom is 0.237 e. The van der Waals surface area contributed by atoms with E-state index in [1.165, 1.54) is 0 Å². The Hall–Kier alpha value is -2.17. The van der Waals surface area contributed by atoms with E-state index in [2.05, 4.69) is 23.3 Å². The van der Waals surface area contributed by atoms with Crippen LogP contribution in [-0.4, -0.2) is 38.0 Å². The molecule has 0 aromatic heterocycles. The first-order chi connectivity index (χ1) is 13.4. The zero-order valence-electron chi connectivity index (χ0n) is 17.3. The standard InChI is InChI=1S/C21H37N5O2.9CH4/c1-4-18(10-19(13-24)21(28)26-15-17(3)12-23)8-6-5-7-9-20(27)25-14-16(2)11-22;;;;;;;;;/h4-5,7,16-19H,1,6,8-12,14-15,22-23H2,2-3H3,(H,25,27)(H,26,28);9*1H4/b7-5-;;;;;;;;;. The van der Waals surface area contributed by atoms with Crippen LogP contribution in [0.2, 0.25) is 0 Å². The molecule has 7 heteroatoms. The van der Waals surface area contributed by atoms with Gasteiger partial charge < -0.3 is 22.1 Å². The lowest BCUT2D eigenvalue weighted by molar-refractivity contribution is -0.124. The molecule has 0 heterocycles. The SMILES string of the molecule is C.C.C.C.C.C.C.C.C.C=CC(CC/C=C\CC(=O)NCC(C)CN)CC(C#N)C(=O)NCC(C)CN. The van der Waals surface area contributed by atoms with Gasteiger partial charge in [-0.25, -0.2) is 0 Å². The molecule has 6 N–H and O–H groups in total. The maximum atomic E-state index is 12.2. The number of nitrogens with two attached hydrogens (primary N) is 2. The van der Waals surface area contributed by atoms with Crippen LogP contribution in [0.15, 0.2) is 24.8 Å². The molecule has 0 saturated carbocycles. The molecule has 4 atom stereocenters. The summed E-state index contributed by atoms with van der Waals surface area (Å²) in [6.45, 7) is 9.84. The van der Waals surface area contributed by atoms with Gasteiger partial charge in [0.15, 0.2) is 0 Å². The van der Waals surface area contributed by atoms with Crippen LogP contribution >= 0.6 is 0 Å². The van der Waals surface area contributed by atoms with Crippen LogP contribution in [0, 0.1) is 35.0 Å². The monoisotopic (exact) mass is 536 g/mol. The van der Waals surface area contributed by atoms with Crippen LogP contribution in [-0.2, 0) is 9.59 Å². The van der Waals surface area contributed by atoms with Crippen LogP contribution in [0.4, 0.5) is 0 Å². The van der Waals surface area contributed by atoms with E-state index in [1.807, 2.05) is 26.0 Å². The highest BCUT2D eigenvalue weighted by molar-refractivity contribution is 5.81. The van der Waals surface area contributed by atoms with Gasteiger partial charge in [0, 0.05) is 19.5 Å². The highest BCUT2D eigenvalue weighted by Crippen LogP contribution is 2.19. The van der Waals surface area contributed by atoms with Crippen molar-refractivity contribution in [3.05, 3.63) is 24.8 Å². The lowest BCUT2D eigenvalue weighted by Gasteiger charge is -2.17. The third-order valence-electron chi connectivity index (χ3n) is 4.60. The molecule has 4 unspecified atom stereocenters. The van der Waals surface area contributed by atoms with Crippen LogP contribution < -0.4 is 22.1 Å². The number of nitrogens with zero attached hydrogens (tertiary/aromatic N) is 1. The van der Waals surface area contributed by atoms with Crippen molar-refractivity contribution >= 4 is 11.8 Å². The molecule has 0 rings (SSSR count). The molecule has 0 radical (unpaired) electrons. The Morgan fingerprint density at radius 1 is 0.865 bits per heavy atom. The molecule has 0 fully saturated rings. The fraction of sp³-hybridized carbons (Fsp3) is 0.767. The minimum absolute atomic E-state index is 0. The van der Waals surface area contributed by atoms with Gasteiger partial charge in [0.2, 0.25) is 11.8 Å². The summed E-state index contributed by atoms with van der Waals surface area (Å²) in [4.78, 5) is 23.9. The third kappa shape index (κ3) is 33.8. The van der Waals surface area contributed by atoms with Crippen molar-refractivity contribution in [3.8, 4) is 6.07 Å². The van der Waals surface area contributed by atoms with Gasteiger partial charge in [0.05, 0.1) is 6.07 Å². The Kier molecular flexibility index (Phi) is 71.6. The number of hydrogen-bond donors (Lipinski definition) is 4. The van der Waals surface area contributed by atoms with Crippen LogP contribution in [0.1, 0.15) is 106 Å². The number of amides is 2. The van der Waals surface area contributed by atoms with Gasteiger partial charge >= 0.3 is 0 Å². The third-order valence-corrected chi connectivity index (χ3v) is 4.60. The summed E-state index contributed by atoms with van der Waals surface area (Å²) in [6.07, 6.45) is 7.88. The van der Waals surface area contributed by atoms with Crippen LogP contribution in [0.25, 0.3) is 0 Å². The molecule has 37 heavy (non-hydrogen) atoms. The number of carbonyl (C=O) groups is 2. The van der Waals surface area contributed by atoms with E-state index in [-0.39, 0.29) is 96.4 Å². The molecule has 230 valence electrons. The van der Waals surface area contributed by atoms with Gasteiger partial charge in [-0.1, -0.05) is 98.9 Å². The molecular weight excluding hydrogens is 462 g/mol. The smallest absolute Gasteiger partial charge is 0.237 e. The Balaban J connectivity index is -0.000000101. The fourth-order valence-electron chi connectivity index (χ4n) is 2.40. The van der Waals surface area contributed by atoms with Gasteiger partial charge in [-0.3, -0.25) is 9.59 Å². The molecule has 0 aliphatic carbocycles. The average Bonchev–Trinajstić information content (AvgIpc) is 2.71. The Morgan fingerprint density at radius 2 is 1.32 bits per heavy atom. The number of nitriles is 1. The second-order valence-corrected chi connectivity index (χ2v) is 7.40. The van der Waals surface area contributed by atoms with Gasteiger partial charge in [-0.05, 0) is 50.1 Å². The van der Waals surface area contributed by atoms with Crippen molar-refractivity contribution in [2.24, 2.45) is 35.1 Å². The summed E-state index contributed by atoms with van der Waals surface area (Å²) in [5, 5.41) is 14.9. The fourth-order valence-corrected chi connectivity index (χ4v) is 2.40. The molecular formula is C30H73N5O2. The molecule has 0 aromatic rings. The molecule has 0 aromatic carbocycles. The Labute approximate surface area is 235 Å². The zero-order chi connectivity index (χ0) is 21.4. The summed E-state index contributed by atoms with van der Waals surface area (Å²) in [5.74, 6) is -0.471. The number of hydrogen-bond acceptors (Lipinski definition) is 5. The molecule has 0 aliphatic rings. The quantitative estimate of drug-likeness (QED) is 0.165. The van der Waals surface area contributed by atoms with Gasteiger partial charge in [0.1, 0.15) is 5.92 Å². The second-order valence-electron chi connectivity index (χ2n) is 7.40. The predicted octanol–water partition coefficient (Wildman–Crippen LogP) is 7.19. The first-order valence-electron chi connectivity index (χ1n) is 9.99. The van der Waals surface area contributed by atoms with Crippen LogP contribution in [0.5, 0.6) is 0 Å². The highest BCUT2D eigenvalue weighted by Gasteiger charge is 2.21. The zero-order valence-corrected chi connectivity index (χ0v) is 17.3. The maximum absolute atomic E-state index is 12.2. The predicted molar refractivity (Wildman–Crippen MR) is 173 cm³/mol. The van der Waals surface area contributed by atoms with E-state index in [0.29, 0.717) is 39.0 Å².